The van der Waals surface area contributed by atoms with E-state index >= 15 is 0 Å². The maximum atomic E-state index is 14.2. The average Bonchev–Trinajstić information content (AvgIpc) is 2.82. The van der Waals surface area contributed by atoms with Gasteiger partial charge in [0.2, 0.25) is 0 Å². The summed E-state index contributed by atoms with van der Waals surface area (Å²) in [7, 11) is -4.30. The van der Waals surface area contributed by atoms with Gasteiger partial charge in [-0.25, -0.2) is 0 Å². The van der Waals surface area contributed by atoms with Crippen molar-refractivity contribution in [1.82, 2.24) is 0 Å². The number of Topliss-reactive ketones (excluding diaryl/α,β-unsaturated/α-hetero) is 1. The second-order valence-corrected chi connectivity index (χ2v) is 18.4. The van der Waals surface area contributed by atoms with E-state index in [1.807, 2.05) is 30.3 Å². The van der Waals surface area contributed by atoms with Crippen molar-refractivity contribution in [2.45, 2.75) is 52.4 Å². The van der Waals surface area contributed by atoms with Crippen LogP contribution in [-0.2, 0) is 0 Å². The highest BCUT2D eigenvalue weighted by Gasteiger charge is 2.40. The lowest BCUT2D eigenvalue weighted by molar-refractivity contribution is 0.104. The number of ketones is 1. The smallest absolute Gasteiger partial charge is 0.185 e. The lowest BCUT2D eigenvalue weighted by atomic mass is 10.1. The maximum absolute atomic E-state index is 14.2. The number of allylic oxidation sites excluding steroid dienone is 2. The molecule has 0 fully saturated rings. The fourth-order valence-electron chi connectivity index (χ4n) is 4.66. The predicted octanol–water partition coefficient (Wildman–Crippen LogP) is 6.67. The average molecular weight is 457 g/mol. The first-order chi connectivity index (χ1) is 15.3. The van der Waals surface area contributed by atoms with E-state index in [2.05, 4.69) is 93.8 Å². The molecular formula is C29H36OSi2. The number of carbonyl (C=O) groups is 1. The molecule has 0 saturated carbocycles. The number of benzene rings is 3. The molecule has 0 aliphatic heterocycles. The van der Waals surface area contributed by atoms with Gasteiger partial charge in [-0.15, -0.1) is 0 Å². The summed E-state index contributed by atoms with van der Waals surface area (Å²) in [6.07, 6.45) is 3.24. The Bertz CT molecular complexity index is 1050. The van der Waals surface area contributed by atoms with Crippen molar-refractivity contribution in [1.29, 1.82) is 0 Å². The van der Waals surface area contributed by atoms with Crippen molar-refractivity contribution >= 4 is 32.3 Å². The van der Waals surface area contributed by atoms with Gasteiger partial charge in [0.25, 0.3) is 0 Å². The van der Waals surface area contributed by atoms with Crippen LogP contribution in [0.5, 0.6) is 0 Å². The van der Waals surface area contributed by atoms with Gasteiger partial charge in [-0.1, -0.05) is 153 Å². The molecular weight excluding hydrogens is 420 g/mol. The lowest BCUT2D eigenvalue weighted by Gasteiger charge is -2.35. The summed E-state index contributed by atoms with van der Waals surface area (Å²) >= 11 is 0. The Hall–Kier alpha value is -2.50. The zero-order valence-electron chi connectivity index (χ0n) is 20.2. The summed E-state index contributed by atoms with van der Waals surface area (Å²) in [5.74, 6) is 0.230. The van der Waals surface area contributed by atoms with Gasteiger partial charge in [-0.3, -0.25) is 4.79 Å². The quantitative estimate of drug-likeness (QED) is 0.200. The molecule has 0 bridgehead atoms. The number of rotatable bonds is 9. The molecule has 0 heterocycles. The van der Waals surface area contributed by atoms with Crippen LogP contribution in [0.2, 0.25) is 26.2 Å². The van der Waals surface area contributed by atoms with Crippen molar-refractivity contribution in [2.75, 3.05) is 0 Å². The minimum atomic E-state index is -2.25. The summed E-state index contributed by atoms with van der Waals surface area (Å²) in [6.45, 7) is 11.8. The van der Waals surface area contributed by atoms with Crippen molar-refractivity contribution in [2.24, 2.45) is 0 Å². The minimum absolute atomic E-state index is 0.230. The van der Waals surface area contributed by atoms with E-state index in [-0.39, 0.29) is 5.78 Å². The fourth-order valence-corrected chi connectivity index (χ4v) is 12.4. The molecule has 0 aliphatic rings. The van der Waals surface area contributed by atoms with E-state index in [0.717, 1.165) is 30.0 Å². The highest BCUT2D eigenvalue weighted by atomic mass is 28.3. The van der Waals surface area contributed by atoms with E-state index in [9.17, 15) is 4.79 Å². The zero-order valence-corrected chi connectivity index (χ0v) is 22.2. The van der Waals surface area contributed by atoms with E-state index < -0.39 is 16.1 Å². The summed E-state index contributed by atoms with van der Waals surface area (Å²) in [5.41, 5.74) is 0.811. The van der Waals surface area contributed by atoms with Gasteiger partial charge in [-0.05, 0) is 11.6 Å². The predicted molar refractivity (Wildman–Crippen MR) is 144 cm³/mol. The Labute approximate surface area is 196 Å². The van der Waals surface area contributed by atoms with Crippen LogP contribution in [0.1, 0.15) is 36.5 Å². The third-order valence-electron chi connectivity index (χ3n) is 6.72. The molecule has 3 aromatic carbocycles. The van der Waals surface area contributed by atoms with E-state index in [0.29, 0.717) is 0 Å². The second kappa shape index (κ2) is 10.4. The summed E-state index contributed by atoms with van der Waals surface area (Å²) in [6, 6.07) is 31.5. The molecule has 0 aliphatic carbocycles. The topological polar surface area (TPSA) is 17.1 Å². The first-order valence-corrected chi connectivity index (χ1v) is 17.7. The molecule has 166 valence electrons. The number of unbranched alkanes of at least 4 members (excludes halogenated alkanes) is 1. The van der Waals surface area contributed by atoms with Crippen molar-refractivity contribution in [3.05, 3.63) is 107 Å². The van der Waals surface area contributed by atoms with Gasteiger partial charge in [-0.2, -0.15) is 0 Å². The minimum Gasteiger partial charge on any atom is -0.289 e. The molecule has 0 saturated heterocycles. The SMILES string of the molecule is CCCC/C(=C(/C(=O)c1ccccc1)[Si](C)(C)c1ccccc1)[Si](C)(C)c1ccccc1. The van der Waals surface area contributed by atoms with E-state index in [1.165, 1.54) is 15.6 Å². The van der Waals surface area contributed by atoms with Crippen LogP contribution in [0.4, 0.5) is 0 Å². The summed E-state index contributed by atoms with van der Waals surface area (Å²) in [4.78, 5) is 14.2. The molecule has 0 atom stereocenters. The second-order valence-electron chi connectivity index (χ2n) is 9.63. The van der Waals surface area contributed by atoms with Crippen LogP contribution in [0.3, 0.4) is 0 Å². The van der Waals surface area contributed by atoms with E-state index in [4.69, 9.17) is 0 Å². The standard InChI is InChI=1S/C29H36OSi2/c1-6-7-23-27(31(2,3)25-19-13-9-14-20-25)29(28(30)24-17-11-8-12-18-24)32(4,5)26-21-15-10-16-22-26/h8-22H,6-7,23H2,1-5H3/b29-27+. The van der Waals surface area contributed by atoms with Crippen molar-refractivity contribution in [3.8, 4) is 0 Å². The zero-order chi connectivity index (χ0) is 23.2. The third-order valence-corrected chi connectivity index (χ3v) is 14.3. The Balaban J connectivity index is 2.33. The van der Waals surface area contributed by atoms with Crippen LogP contribution in [-0.4, -0.2) is 21.9 Å². The number of carbonyl (C=O) groups excluding carboxylic acids is 1. The number of hydrogen-bond donors (Lipinski definition) is 0. The van der Waals surface area contributed by atoms with Gasteiger partial charge in [0.05, 0.1) is 0 Å². The Morgan fingerprint density at radius 3 is 1.56 bits per heavy atom. The molecule has 3 aromatic rings. The maximum Gasteiger partial charge on any atom is 0.185 e. The summed E-state index contributed by atoms with van der Waals surface area (Å²) < 4.78 is 0. The number of hydrogen-bond acceptors (Lipinski definition) is 1. The normalized spacial score (nSPS) is 12.9. The molecule has 3 heteroatoms. The largest absolute Gasteiger partial charge is 0.289 e. The molecule has 3 rings (SSSR count). The third kappa shape index (κ3) is 5.11. The van der Waals surface area contributed by atoms with Gasteiger partial charge < -0.3 is 0 Å². The molecule has 32 heavy (non-hydrogen) atoms. The van der Waals surface area contributed by atoms with Crippen LogP contribution in [0.25, 0.3) is 0 Å². The summed E-state index contributed by atoms with van der Waals surface area (Å²) in [5, 5.41) is 5.30. The monoisotopic (exact) mass is 456 g/mol. The Morgan fingerprint density at radius 1 is 0.656 bits per heavy atom. The van der Waals surface area contributed by atoms with Crippen molar-refractivity contribution < 1.29 is 4.79 Å². The van der Waals surface area contributed by atoms with Crippen LogP contribution in [0.15, 0.2) is 101 Å². The molecule has 0 radical (unpaired) electrons. The lowest BCUT2D eigenvalue weighted by Crippen LogP contribution is -2.52. The molecule has 1 nitrogen and oxygen atoms in total. The molecule has 0 amide bonds. The first-order valence-electron chi connectivity index (χ1n) is 11.7. The Morgan fingerprint density at radius 2 is 1.09 bits per heavy atom. The van der Waals surface area contributed by atoms with Gasteiger partial charge in [0.1, 0.15) is 16.1 Å². The molecule has 0 unspecified atom stereocenters. The van der Waals surface area contributed by atoms with Crippen LogP contribution in [0, 0.1) is 0 Å². The van der Waals surface area contributed by atoms with E-state index in [1.54, 1.807) is 0 Å². The van der Waals surface area contributed by atoms with Crippen LogP contribution < -0.4 is 10.4 Å². The first kappa shape index (κ1) is 24.2. The molecule has 0 spiro atoms. The van der Waals surface area contributed by atoms with Crippen LogP contribution >= 0.6 is 0 Å². The highest BCUT2D eigenvalue weighted by Crippen LogP contribution is 2.32. The highest BCUT2D eigenvalue weighted by molar-refractivity contribution is 7.03. The van der Waals surface area contributed by atoms with Gasteiger partial charge in [0.15, 0.2) is 5.78 Å². The molecule has 0 aromatic heterocycles. The van der Waals surface area contributed by atoms with Gasteiger partial charge in [0, 0.05) is 5.56 Å². The fraction of sp³-hybridized carbons (Fsp3) is 0.276. The Kier molecular flexibility index (Phi) is 7.86. The van der Waals surface area contributed by atoms with Crippen molar-refractivity contribution in [3.63, 3.8) is 0 Å². The molecule has 0 N–H and O–H groups in total. The van der Waals surface area contributed by atoms with Gasteiger partial charge >= 0.3 is 0 Å².